The van der Waals surface area contributed by atoms with E-state index >= 15 is 0 Å². The number of nitrogens with one attached hydrogen (secondary N) is 1. The highest BCUT2D eigenvalue weighted by molar-refractivity contribution is 5.95. The lowest BCUT2D eigenvalue weighted by Gasteiger charge is -2.37. The molecule has 1 saturated heterocycles. The number of benzene rings is 2. The van der Waals surface area contributed by atoms with E-state index in [-0.39, 0.29) is 11.9 Å². The maximum atomic E-state index is 12.7. The summed E-state index contributed by atoms with van der Waals surface area (Å²) in [7, 11) is 1.61. The molecule has 0 unspecified atom stereocenters. The van der Waals surface area contributed by atoms with Crippen molar-refractivity contribution in [3.8, 4) is 5.75 Å². The average molecular weight is 367 g/mol. The van der Waals surface area contributed by atoms with Gasteiger partial charge in [-0.25, -0.2) is 0 Å². The van der Waals surface area contributed by atoms with Crippen LogP contribution in [-0.2, 0) is 11.2 Å². The molecule has 2 aromatic carbocycles. The summed E-state index contributed by atoms with van der Waals surface area (Å²) in [5.41, 5.74) is 2.10. The molecular weight excluding hydrogens is 338 g/mol. The highest BCUT2D eigenvalue weighted by atomic mass is 16.5. The van der Waals surface area contributed by atoms with Crippen LogP contribution >= 0.6 is 0 Å². The zero-order valence-electron chi connectivity index (χ0n) is 16.2. The number of carbonyl (C=O) groups excluding carboxylic acids is 1. The van der Waals surface area contributed by atoms with Crippen molar-refractivity contribution >= 4 is 11.6 Å². The van der Waals surface area contributed by atoms with Crippen LogP contribution in [0.1, 0.15) is 12.5 Å². The highest BCUT2D eigenvalue weighted by Gasteiger charge is 2.25. The van der Waals surface area contributed by atoms with Crippen LogP contribution in [0.4, 0.5) is 5.69 Å². The van der Waals surface area contributed by atoms with Crippen molar-refractivity contribution in [1.82, 2.24) is 9.80 Å². The van der Waals surface area contributed by atoms with E-state index in [4.69, 9.17) is 4.74 Å². The molecule has 1 atom stereocenters. The Balaban J connectivity index is 1.46. The lowest BCUT2D eigenvalue weighted by molar-refractivity contribution is -0.121. The molecule has 0 aromatic heterocycles. The average Bonchev–Trinajstić information content (AvgIpc) is 2.73. The standard InChI is InChI=1S/C22H29N3O2/c1-18(22(26)23-20-10-6-7-11-21(20)27-2)25-16-14-24(15-17-25)13-12-19-8-4-3-5-9-19/h3-11,18H,12-17H2,1-2H3,(H,23,26)/t18-/m1/s1. The minimum atomic E-state index is -0.161. The molecule has 144 valence electrons. The Morgan fingerprint density at radius 1 is 1.04 bits per heavy atom. The Morgan fingerprint density at radius 3 is 2.41 bits per heavy atom. The van der Waals surface area contributed by atoms with Gasteiger partial charge in [0.2, 0.25) is 5.91 Å². The van der Waals surface area contributed by atoms with Gasteiger partial charge in [-0.3, -0.25) is 9.69 Å². The molecule has 0 saturated carbocycles. The van der Waals surface area contributed by atoms with Crippen LogP contribution in [0.2, 0.25) is 0 Å². The molecule has 5 nitrogen and oxygen atoms in total. The van der Waals surface area contributed by atoms with E-state index in [1.165, 1.54) is 5.56 Å². The van der Waals surface area contributed by atoms with Crippen molar-refractivity contribution < 1.29 is 9.53 Å². The fourth-order valence-corrected chi connectivity index (χ4v) is 3.46. The van der Waals surface area contributed by atoms with Crippen molar-refractivity contribution in [3.05, 3.63) is 60.2 Å². The number of para-hydroxylation sites is 2. The van der Waals surface area contributed by atoms with E-state index in [0.717, 1.165) is 44.8 Å². The van der Waals surface area contributed by atoms with Gasteiger partial charge in [-0.15, -0.1) is 0 Å². The van der Waals surface area contributed by atoms with Gasteiger partial charge in [0.25, 0.3) is 0 Å². The lowest BCUT2D eigenvalue weighted by Crippen LogP contribution is -2.53. The Labute approximate surface area is 161 Å². The Hall–Kier alpha value is -2.37. The first-order chi connectivity index (χ1) is 13.2. The monoisotopic (exact) mass is 367 g/mol. The van der Waals surface area contributed by atoms with Gasteiger partial charge in [0.05, 0.1) is 18.8 Å². The minimum Gasteiger partial charge on any atom is -0.495 e. The maximum absolute atomic E-state index is 12.7. The number of hydrogen-bond acceptors (Lipinski definition) is 4. The van der Waals surface area contributed by atoms with E-state index in [1.807, 2.05) is 31.2 Å². The molecule has 1 fully saturated rings. The summed E-state index contributed by atoms with van der Waals surface area (Å²) in [5, 5.41) is 3.00. The van der Waals surface area contributed by atoms with Gasteiger partial charge in [0.15, 0.2) is 0 Å². The zero-order valence-corrected chi connectivity index (χ0v) is 16.2. The summed E-state index contributed by atoms with van der Waals surface area (Å²) < 4.78 is 5.31. The van der Waals surface area contributed by atoms with Crippen molar-refractivity contribution in [1.29, 1.82) is 0 Å². The summed E-state index contributed by atoms with van der Waals surface area (Å²) in [6.45, 7) is 6.87. The van der Waals surface area contributed by atoms with Crippen molar-refractivity contribution in [3.63, 3.8) is 0 Å². The van der Waals surface area contributed by atoms with E-state index < -0.39 is 0 Å². The smallest absolute Gasteiger partial charge is 0.241 e. The van der Waals surface area contributed by atoms with Crippen molar-refractivity contribution in [2.45, 2.75) is 19.4 Å². The first-order valence-corrected chi connectivity index (χ1v) is 9.61. The second-order valence-corrected chi connectivity index (χ2v) is 6.98. The summed E-state index contributed by atoms with van der Waals surface area (Å²) >= 11 is 0. The van der Waals surface area contributed by atoms with Gasteiger partial charge in [-0.05, 0) is 31.0 Å². The third kappa shape index (κ3) is 5.31. The summed E-state index contributed by atoms with van der Waals surface area (Å²) in [6, 6.07) is 18.0. The SMILES string of the molecule is COc1ccccc1NC(=O)[C@@H](C)N1CCN(CCc2ccccc2)CC1. The molecule has 1 aliphatic heterocycles. The van der Waals surface area contributed by atoms with Gasteiger partial charge in [0, 0.05) is 32.7 Å². The van der Waals surface area contributed by atoms with E-state index in [0.29, 0.717) is 5.75 Å². The number of hydrogen-bond donors (Lipinski definition) is 1. The van der Waals surface area contributed by atoms with E-state index in [2.05, 4.69) is 45.4 Å². The van der Waals surface area contributed by atoms with E-state index in [1.54, 1.807) is 7.11 Å². The van der Waals surface area contributed by atoms with Crippen LogP contribution in [0.25, 0.3) is 0 Å². The van der Waals surface area contributed by atoms with Gasteiger partial charge in [-0.2, -0.15) is 0 Å². The normalized spacial score (nSPS) is 16.7. The lowest BCUT2D eigenvalue weighted by atomic mass is 10.1. The molecule has 2 aromatic rings. The van der Waals surface area contributed by atoms with Crippen LogP contribution in [0.5, 0.6) is 5.75 Å². The number of methoxy groups -OCH3 is 1. The van der Waals surface area contributed by atoms with Crippen molar-refractivity contribution in [2.24, 2.45) is 0 Å². The molecule has 1 N–H and O–H groups in total. The largest absolute Gasteiger partial charge is 0.495 e. The number of carbonyl (C=O) groups is 1. The summed E-state index contributed by atoms with van der Waals surface area (Å²) in [4.78, 5) is 17.4. The summed E-state index contributed by atoms with van der Waals surface area (Å²) in [5.74, 6) is 0.695. The van der Waals surface area contributed by atoms with Crippen LogP contribution in [0.15, 0.2) is 54.6 Å². The number of amides is 1. The second-order valence-electron chi connectivity index (χ2n) is 6.98. The quantitative estimate of drug-likeness (QED) is 0.817. The molecule has 0 bridgehead atoms. The fourth-order valence-electron chi connectivity index (χ4n) is 3.46. The van der Waals surface area contributed by atoms with E-state index in [9.17, 15) is 4.79 Å². The molecule has 0 aliphatic carbocycles. The maximum Gasteiger partial charge on any atom is 0.241 e. The third-order valence-electron chi connectivity index (χ3n) is 5.26. The van der Waals surface area contributed by atoms with Gasteiger partial charge in [0.1, 0.15) is 5.75 Å². The number of nitrogens with zero attached hydrogens (tertiary/aromatic N) is 2. The molecule has 1 heterocycles. The fraction of sp³-hybridized carbons (Fsp3) is 0.409. The molecule has 27 heavy (non-hydrogen) atoms. The van der Waals surface area contributed by atoms with Crippen LogP contribution < -0.4 is 10.1 Å². The van der Waals surface area contributed by atoms with Gasteiger partial charge in [-0.1, -0.05) is 42.5 Å². The Bertz CT molecular complexity index is 727. The molecular formula is C22H29N3O2. The number of anilines is 1. The molecule has 1 aliphatic rings. The van der Waals surface area contributed by atoms with Gasteiger partial charge >= 0.3 is 0 Å². The first kappa shape index (κ1) is 19.4. The van der Waals surface area contributed by atoms with Crippen LogP contribution in [-0.4, -0.2) is 61.6 Å². The van der Waals surface area contributed by atoms with Crippen molar-refractivity contribution in [2.75, 3.05) is 45.2 Å². The molecule has 1 amide bonds. The van der Waals surface area contributed by atoms with Crippen LogP contribution in [0, 0.1) is 0 Å². The van der Waals surface area contributed by atoms with Crippen LogP contribution in [0.3, 0.4) is 0 Å². The topological polar surface area (TPSA) is 44.8 Å². The number of piperazine rings is 1. The predicted molar refractivity (Wildman–Crippen MR) is 109 cm³/mol. The van der Waals surface area contributed by atoms with Gasteiger partial charge < -0.3 is 15.0 Å². The molecule has 0 spiro atoms. The first-order valence-electron chi connectivity index (χ1n) is 9.61. The second kappa shape index (κ2) is 9.53. The number of ether oxygens (including phenoxy) is 1. The molecule has 0 radical (unpaired) electrons. The predicted octanol–water partition coefficient (Wildman–Crippen LogP) is 2.88. The number of rotatable bonds is 7. The zero-order chi connectivity index (χ0) is 19.1. The molecule has 5 heteroatoms. The minimum absolute atomic E-state index is 0.0113. The molecule has 3 rings (SSSR count). The summed E-state index contributed by atoms with van der Waals surface area (Å²) in [6.07, 6.45) is 1.07. The Kier molecular flexibility index (Phi) is 6.85. The third-order valence-corrected chi connectivity index (χ3v) is 5.26. The Morgan fingerprint density at radius 2 is 1.70 bits per heavy atom. The highest BCUT2D eigenvalue weighted by Crippen LogP contribution is 2.23.